The van der Waals surface area contributed by atoms with Crippen molar-refractivity contribution in [2.75, 3.05) is 6.61 Å². The van der Waals surface area contributed by atoms with Crippen LogP contribution in [0.2, 0.25) is 0 Å². The molecule has 2 aromatic carbocycles. The predicted molar refractivity (Wildman–Crippen MR) is 133 cm³/mol. The summed E-state index contributed by atoms with van der Waals surface area (Å²) in [7, 11) is 0. The largest absolute Gasteiger partial charge is 0.480 e. The Labute approximate surface area is 206 Å². The van der Waals surface area contributed by atoms with Crippen molar-refractivity contribution in [1.82, 2.24) is 10.6 Å². The van der Waals surface area contributed by atoms with E-state index in [0.717, 1.165) is 35.1 Å². The van der Waals surface area contributed by atoms with Crippen LogP contribution >= 0.6 is 0 Å². The standard InChI is InChI=1S/C28H34N2O5/c1-17(2)24(25(31)30-28(26(32)33)14-8-9-18(3)15-28)29-27(34)35-16-23-21-12-6-4-10-19(21)20-11-5-7-13-22(20)23/h4-7,10-13,17-18,23-24H,8-9,14-16H2,1-3H3,(H,29,34)(H,30,31)(H,32,33)/t18?,24-,28?/m0/s1. The predicted octanol–water partition coefficient (Wildman–Crippen LogP) is 4.70. The monoisotopic (exact) mass is 478 g/mol. The Balaban J connectivity index is 1.43. The van der Waals surface area contributed by atoms with E-state index in [0.29, 0.717) is 12.8 Å². The highest BCUT2D eigenvalue weighted by atomic mass is 16.5. The molecule has 35 heavy (non-hydrogen) atoms. The Hall–Kier alpha value is -3.35. The first-order chi connectivity index (χ1) is 16.7. The van der Waals surface area contributed by atoms with Crippen LogP contribution in [0.25, 0.3) is 11.1 Å². The molecule has 0 saturated heterocycles. The average Bonchev–Trinajstić information content (AvgIpc) is 3.14. The summed E-state index contributed by atoms with van der Waals surface area (Å²) in [5, 5.41) is 15.3. The molecule has 0 spiro atoms. The van der Waals surface area contributed by atoms with E-state index in [1.54, 1.807) is 0 Å². The minimum atomic E-state index is -1.30. The number of carboxylic acids is 1. The SMILES string of the molecule is CC1CCCC(NC(=O)[C@@H](NC(=O)OCC2c3ccccc3-c3ccccc32)C(C)C)(C(=O)O)C1. The van der Waals surface area contributed by atoms with Crippen molar-refractivity contribution in [3.05, 3.63) is 59.7 Å². The number of alkyl carbamates (subject to hydrolysis) is 1. The number of carboxylic acid groups (broad SMARTS) is 1. The lowest BCUT2D eigenvalue weighted by molar-refractivity contribution is -0.150. The van der Waals surface area contributed by atoms with E-state index in [1.165, 1.54) is 0 Å². The summed E-state index contributed by atoms with van der Waals surface area (Å²) in [4.78, 5) is 38.0. The summed E-state index contributed by atoms with van der Waals surface area (Å²) >= 11 is 0. The zero-order chi connectivity index (χ0) is 25.2. The lowest BCUT2D eigenvalue weighted by Crippen LogP contribution is -2.61. The third-order valence-electron chi connectivity index (χ3n) is 7.34. The number of hydrogen-bond donors (Lipinski definition) is 3. The Bertz CT molecular complexity index is 1070. The Morgan fingerprint density at radius 1 is 1.06 bits per heavy atom. The molecule has 0 radical (unpaired) electrons. The van der Waals surface area contributed by atoms with Gasteiger partial charge in [0.15, 0.2) is 0 Å². The summed E-state index contributed by atoms with van der Waals surface area (Å²) in [5.41, 5.74) is 3.18. The minimum absolute atomic E-state index is 0.0847. The van der Waals surface area contributed by atoms with Gasteiger partial charge in [0.25, 0.3) is 0 Å². The van der Waals surface area contributed by atoms with Crippen molar-refractivity contribution in [2.24, 2.45) is 11.8 Å². The zero-order valence-corrected chi connectivity index (χ0v) is 20.5. The van der Waals surface area contributed by atoms with Crippen LogP contribution in [0.3, 0.4) is 0 Å². The molecular formula is C28H34N2O5. The number of nitrogens with one attached hydrogen (secondary N) is 2. The highest BCUT2D eigenvalue weighted by Gasteiger charge is 2.44. The fourth-order valence-electron chi connectivity index (χ4n) is 5.53. The number of ether oxygens (including phenoxy) is 1. The van der Waals surface area contributed by atoms with Crippen LogP contribution in [0, 0.1) is 11.8 Å². The van der Waals surface area contributed by atoms with Crippen molar-refractivity contribution >= 4 is 18.0 Å². The summed E-state index contributed by atoms with van der Waals surface area (Å²) < 4.78 is 5.60. The second kappa shape index (κ2) is 10.1. The molecule has 2 aromatic rings. The molecule has 0 heterocycles. The third-order valence-corrected chi connectivity index (χ3v) is 7.34. The maximum absolute atomic E-state index is 13.1. The maximum Gasteiger partial charge on any atom is 0.407 e. The number of amides is 2. The van der Waals surface area contributed by atoms with Crippen molar-refractivity contribution < 1.29 is 24.2 Å². The number of carbonyl (C=O) groups excluding carboxylic acids is 2. The maximum atomic E-state index is 13.1. The quantitative estimate of drug-likeness (QED) is 0.535. The molecule has 2 aliphatic carbocycles. The van der Waals surface area contributed by atoms with E-state index in [-0.39, 0.29) is 24.4 Å². The van der Waals surface area contributed by atoms with Gasteiger partial charge in [-0.15, -0.1) is 0 Å². The van der Waals surface area contributed by atoms with E-state index < -0.39 is 29.6 Å². The summed E-state index contributed by atoms with van der Waals surface area (Å²) in [6.45, 7) is 5.76. The van der Waals surface area contributed by atoms with Crippen molar-refractivity contribution in [3.63, 3.8) is 0 Å². The van der Waals surface area contributed by atoms with Gasteiger partial charge in [-0.3, -0.25) is 4.79 Å². The van der Waals surface area contributed by atoms with Gasteiger partial charge in [0.2, 0.25) is 5.91 Å². The second-order valence-electron chi connectivity index (χ2n) is 10.3. The molecule has 0 aromatic heterocycles. The number of aliphatic carboxylic acids is 1. The molecule has 7 nitrogen and oxygen atoms in total. The Morgan fingerprint density at radius 3 is 2.20 bits per heavy atom. The number of hydrogen-bond acceptors (Lipinski definition) is 4. The first-order valence-electron chi connectivity index (χ1n) is 12.4. The van der Waals surface area contributed by atoms with Crippen LogP contribution in [0.1, 0.15) is 63.5 Å². The van der Waals surface area contributed by atoms with Gasteiger partial charge in [0, 0.05) is 5.92 Å². The van der Waals surface area contributed by atoms with Gasteiger partial charge < -0.3 is 20.5 Å². The molecule has 0 aliphatic heterocycles. The Kier molecular flexibility index (Phi) is 7.15. The number of fused-ring (bicyclic) bond motifs is 3. The summed E-state index contributed by atoms with van der Waals surface area (Å²) in [6.07, 6.45) is 1.75. The molecule has 3 atom stereocenters. The number of carbonyl (C=O) groups is 3. The van der Waals surface area contributed by atoms with Crippen molar-refractivity contribution in [2.45, 2.75) is 64.0 Å². The number of rotatable bonds is 7. The van der Waals surface area contributed by atoms with Gasteiger partial charge in [0.1, 0.15) is 18.2 Å². The first kappa shape index (κ1) is 24.8. The van der Waals surface area contributed by atoms with Crippen LogP contribution in [0.4, 0.5) is 4.79 Å². The summed E-state index contributed by atoms with van der Waals surface area (Å²) in [6, 6.07) is 15.3. The molecule has 3 N–H and O–H groups in total. The van der Waals surface area contributed by atoms with E-state index in [1.807, 2.05) is 57.2 Å². The van der Waals surface area contributed by atoms with Gasteiger partial charge in [0.05, 0.1) is 0 Å². The van der Waals surface area contributed by atoms with E-state index >= 15 is 0 Å². The van der Waals surface area contributed by atoms with Gasteiger partial charge in [-0.2, -0.15) is 0 Å². The fraction of sp³-hybridized carbons (Fsp3) is 0.464. The fourth-order valence-corrected chi connectivity index (χ4v) is 5.53. The highest BCUT2D eigenvalue weighted by Crippen LogP contribution is 2.44. The molecule has 1 fully saturated rings. The van der Waals surface area contributed by atoms with Crippen molar-refractivity contribution in [1.29, 1.82) is 0 Å². The zero-order valence-electron chi connectivity index (χ0n) is 20.5. The smallest absolute Gasteiger partial charge is 0.407 e. The van der Waals surface area contributed by atoms with E-state index in [9.17, 15) is 19.5 Å². The van der Waals surface area contributed by atoms with Crippen LogP contribution in [-0.4, -0.2) is 41.3 Å². The lowest BCUT2D eigenvalue weighted by atomic mass is 9.76. The van der Waals surface area contributed by atoms with Crippen molar-refractivity contribution in [3.8, 4) is 11.1 Å². The molecule has 2 amide bonds. The van der Waals surface area contributed by atoms with Gasteiger partial charge >= 0.3 is 12.1 Å². The molecule has 2 unspecified atom stereocenters. The second-order valence-corrected chi connectivity index (χ2v) is 10.3. The van der Waals surface area contributed by atoms with Gasteiger partial charge in [-0.1, -0.05) is 82.1 Å². The van der Waals surface area contributed by atoms with Crippen LogP contribution in [0.5, 0.6) is 0 Å². The molecule has 0 bridgehead atoms. The highest BCUT2D eigenvalue weighted by molar-refractivity contribution is 5.91. The molecule has 4 rings (SSSR count). The third kappa shape index (κ3) is 5.04. The lowest BCUT2D eigenvalue weighted by Gasteiger charge is -2.38. The minimum Gasteiger partial charge on any atom is -0.480 e. The summed E-state index contributed by atoms with van der Waals surface area (Å²) in [5.74, 6) is -1.65. The molecule has 186 valence electrons. The van der Waals surface area contributed by atoms with Gasteiger partial charge in [-0.25, -0.2) is 9.59 Å². The van der Waals surface area contributed by atoms with Crippen LogP contribution in [-0.2, 0) is 14.3 Å². The molecule has 2 aliphatic rings. The molecule has 7 heteroatoms. The molecular weight excluding hydrogens is 444 g/mol. The van der Waals surface area contributed by atoms with E-state index in [4.69, 9.17) is 4.74 Å². The van der Waals surface area contributed by atoms with Crippen LogP contribution in [0.15, 0.2) is 48.5 Å². The normalized spacial score (nSPS) is 22.1. The Morgan fingerprint density at radius 2 is 1.66 bits per heavy atom. The van der Waals surface area contributed by atoms with Gasteiger partial charge in [-0.05, 0) is 46.9 Å². The van der Waals surface area contributed by atoms with Crippen LogP contribution < -0.4 is 10.6 Å². The van der Waals surface area contributed by atoms with E-state index in [2.05, 4.69) is 22.8 Å². The molecule has 1 saturated carbocycles. The number of benzene rings is 2. The first-order valence-corrected chi connectivity index (χ1v) is 12.4. The topological polar surface area (TPSA) is 105 Å². The average molecular weight is 479 g/mol.